The van der Waals surface area contributed by atoms with Crippen molar-refractivity contribution >= 4 is 55.8 Å². The van der Waals surface area contributed by atoms with Crippen LogP contribution in [-0.4, -0.2) is 29.7 Å². The number of anilines is 2. The number of aromatic nitrogens is 1. The van der Waals surface area contributed by atoms with Gasteiger partial charge in [-0.15, -0.1) is 11.3 Å². The van der Waals surface area contributed by atoms with Crippen molar-refractivity contribution < 1.29 is 4.79 Å². The minimum Gasteiger partial charge on any atom is -0.372 e. The van der Waals surface area contributed by atoms with Crippen LogP contribution in [0.5, 0.6) is 0 Å². The molecule has 0 saturated carbocycles. The number of rotatable bonds is 7. The van der Waals surface area contributed by atoms with Crippen LogP contribution in [0.4, 0.5) is 10.8 Å². The van der Waals surface area contributed by atoms with Crippen LogP contribution in [0, 0.1) is 0 Å². The third-order valence-electron chi connectivity index (χ3n) is 6.07. The largest absolute Gasteiger partial charge is 0.372 e. The highest BCUT2D eigenvalue weighted by atomic mass is 79.9. The molecule has 1 amide bonds. The van der Waals surface area contributed by atoms with Gasteiger partial charge in [0, 0.05) is 39.8 Å². The van der Waals surface area contributed by atoms with Crippen LogP contribution >= 0.6 is 27.3 Å². The number of nitrogens with zero attached hydrogens (tertiary/aromatic N) is 4. The highest BCUT2D eigenvalue weighted by Crippen LogP contribution is 2.33. The molecule has 0 spiro atoms. The highest BCUT2D eigenvalue weighted by Gasteiger charge is 2.33. The van der Waals surface area contributed by atoms with E-state index in [1.54, 1.807) is 0 Å². The minimum absolute atomic E-state index is 0.182. The Morgan fingerprint density at radius 1 is 0.917 bits per heavy atom. The van der Waals surface area contributed by atoms with Gasteiger partial charge in [-0.1, -0.05) is 70.5 Å². The molecular formula is C29H25BrN4OS. The zero-order chi connectivity index (χ0) is 25.1. The van der Waals surface area contributed by atoms with E-state index < -0.39 is 0 Å². The summed E-state index contributed by atoms with van der Waals surface area (Å²) >= 11 is 4.88. The molecule has 3 aromatic carbocycles. The molecule has 1 aliphatic rings. The first-order valence-electron chi connectivity index (χ1n) is 11.8. The Kier molecular flexibility index (Phi) is 7.11. The molecule has 0 unspecified atom stereocenters. The SMILES string of the molecule is CCN(CC)c1ccc(C=C2C(=O)N(c3nc(-c4ccc(Br)cc4)cs3)N=C2c2ccccc2)cc1. The molecule has 0 fully saturated rings. The first-order chi connectivity index (χ1) is 17.6. The summed E-state index contributed by atoms with van der Waals surface area (Å²) < 4.78 is 1.01. The first-order valence-corrected chi connectivity index (χ1v) is 13.5. The summed E-state index contributed by atoms with van der Waals surface area (Å²) in [4.78, 5) is 20.7. The van der Waals surface area contributed by atoms with E-state index in [-0.39, 0.29) is 5.91 Å². The Labute approximate surface area is 223 Å². The molecule has 0 radical (unpaired) electrons. The van der Waals surface area contributed by atoms with E-state index >= 15 is 0 Å². The van der Waals surface area contributed by atoms with Crippen molar-refractivity contribution in [1.82, 2.24) is 4.98 Å². The summed E-state index contributed by atoms with van der Waals surface area (Å²) in [6.07, 6.45) is 1.92. The molecule has 7 heteroatoms. The van der Waals surface area contributed by atoms with Crippen molar-refractivity contribution in [2.75, 3.05) is 23.0 Å². The van der Waals surface area contributed by atoms with Gasteiger partial charge in [0.1, 0.15) is 5.71 Å². The van der Waals surface area contributed by atoms with Gasteiger partial charge in [0.25, 0.3) is 5.91 Å². The lowest BCUT2D eigenvalue weighted by Crippen LogP contribution is -2.21. The van der Waals surface area contributed by atoms with Crippen LogP contribution in [-0.2, 0) is 4.79 Å². The van der Waals surface area contributed by atoms with Gasteiger partial charge >= 0.3 is 0 Å². The average molecular weight is 558 g/mol. The molecule has 180 valence electrons. The van der Waals surface area contributed by atoms with Gasteiger partial charge in [-0.25, -0.2) is 4.98 Å². The fourth-order valence-corrected chi connectivity index (χ4v) is 5.18. The van der Waals surface area contributed by atoms with Crippen molar-refractivity contribution in [3.8, 4) is 11.3 Å². The van der Waals surface area contributed by atoms with E-state index in [4.69, 9.17) is 10.1 Å². The molecule has 0 saturated heterocycles. The standard InChI is InChI=1S/C29H25BrN4OS/c1-3-33(4-2)24-16-10-20(11-17-24)18-25-27(22-8-6-5-7-9-22)32-34(28(25)35)29-31-26(19-36-29)21-12-14-23(30)15-13-21/h5-19H,3-4H2,1-2H3. The third-order valence-corrected chi connectivity index (χ3v) is 7.42. The smallest absolute Gasteiger partial charge is 0.283 e. The number of benzene rings is 3. The van der Waals surface area contributed by atoms with E-state index in [1.807, 2.05) is 78.2 Å². The van der Waals surface area contributed by atoms with Gasteiger partial charge in [0.05, 0.1) is 11.3 Å². The average Bonchev–Trinajstić information content (AvgIpc) is 3.52. The molecule has 0 atom stereocenters. The molecular weight excluding hydrogens is 532 g/mol. The topological polar surface area (TPSA) is 48.8 Å². The Balaban J connectivity index is 1.50. The molecule has 0 aliphatic carbocycles. The molecule has 4 aromatic rings. The number of amides is 1. The molecule has 1 aromatic heterocycles. The number of hydrazone groups is 1. The van der Waals surface area contributed by atoms with Crippen LogP contribution in [0.3, 0.4) is 0 Å². The molecule has 1 aliphatic heterocycles. The zero-order valence-electron chi connectivity index (χ0n) is 20.1. The number of hydrogen-bond acceptors (Lipinski definition) is 5. The number of hydrogen-bond donors (Lipinski definition) is 0. The summed E-state index contributed by atoms with van der Waals surface area (Å²) in [5, 5.41) is 8.67. The van der Waals surface area contributed by atoms with E-state index in [0.717, 1.165) is 39.9 Å². The first kappa shape index (κ1) is 24.2. The molecule has 0 N–H and O–H groups in total. The van der Waals surface area contributed by atoms with Crippen molar-refractivity contribution in [3.05, 3.63) is 105 Å². The van der Waals surface area contributed by atoms with Gasteiger partial charge in [0.2, 0.25) is 5.13 Å². The second kappa shape index (κ2) is 10.6. The Hall–Kier alpha value is -3.55. The molecule has 5 nitrogen and oxygen atoms in total. The van der Waals surface area contributed by atoms with Crippen LogP contribution in [0.15, 0.2) is 99.4 Å². The van der Waals surface area contributed by atoms with Crippen molar-refractivity contribution in [1.29, 1.82) is 0 Å². The number of halogens is 1. The van der Waals surface area contributed by atoms with Gasteiger partial charge in [0.15, 0.2) is 0 Å². The van der Waals surface area contributed by atoms with Crippen LogP contribution in [0.25, 0.3) is 17.3 Å². The lowest BCUT2D eigenvalue weighted by molar-refractivity contribution is -0.114. The second-order valence-electron chi connectivity index (χ2n) is 8.28. The maximum Gasteiger partial charge on any atom is 0.283 e. The van der Waals surface area contributed by atoms with Crippen molar-refractivity contribution in [3.63, 3.8) is 0 Å². The normalized spacial score (nSPS) is 14.4. The van der Waals surface area contributed by atoms with Gasteiger partial charge in [-0.05, 0) is 49.8 Å². The lowest BCUT2D eigenvalue weighted by atomic mass is 10.0. The van der Waals surface area contributed by atoms with Gasteiger partial charge in [-0.3, -0.25) is 4.79 Å². The van der Waals surface area contributed by atoms with E-state index in [9.17, 15) is 4.79 Å². The van der Waals surface area contributed by atoms with Gasteiger partial charge in [-0.2, -0.15) is 10.1 Å². The van der Waals surface area contributed by atoms with Crippen LogP contribution < -0.4 is 9.91 Å². The monoisotopic (exact) mass is 556 g/mol. The summed E-state index contributed by atoms with van der Waals surface area (Å²) in [6.45, 7) is 6.19. The van der Waals surface area contributed by atoms with Crippen LogP contribution in [0.1, 0.15) is 25.0 Å². The predicted octanol–water partition coefficient (Wildman–Crippen LogP) is 7.25. The fourth-order valence-electron chi connectivity index (χ4n) is 4.14. The van der Waals surface area contributed by atoms with Gasteiger partial charge < -0.3 is 4.90 Å². The summed E-state index contributed by atoms with van der Waals surface area (Å²) in [6, 6.07) is 26.1. The lowest BCUT2D eigenvalue weighted by Gasteiger charge is -2.20. The Morgan fingerprint density at radius 3 is 2.28 bits per heavy atom. The molecule has 2 heterocycles. The molecule has 5 rings (SSSR count). The van der Waals surface area contributed by atoms with E-state index in [0.29, 0.717) is 16.4 Å². The Morgan fingerprint density at radius 2 is 1.61 bits per heavy atom. The quantitative estimate of drug-likeness (QED) is 0.225. The summed E-state index contributed by atoms with van der Waals surface area (Å²) in [5.74, 6) is -0.182. The maximum absolute atomic E-state index is 13.6. The number of carbonyl (C=O) groups is 1. The number of thiazole rings is 1. The number of carbonyl (C=O) groups excluding carboxylic acids is 1. The van der Waals surface area contributed by atoms with E-state index in [1.165, 1.54) is 22.0 Å². The fraction of sp³-hybridized carbons (Fsp3) is 0.138. The third kappa shape index (κ3) is 4.90. The van der Waals surface area contributed by atoms with Crippen molar-refractivity contribution in [2.45, 2.75) is 13.8 Å². The predicted molar refractivity (Wildman–Crippen MR) is 154 cm³/mol. The minimum atomic E-state index is -0.182. The molecule has 36 heavy (non-hydrogen) atoms. The Bertz CT molecular complexity index is 1420. The summed E-state index contributed by atoms with van der Waals surface area (Å²) in [5.41, 5.74) is 6.02. The van der Waals surface area contributed by atoms with E-state index in [2.05, 4.69) is 46.8 Å². The molecule has 0 bridgehead atoms. The second-order valence-corrected chi connectivity index (χ2v) is 10.0. The highest BCUT2D eigenvalue weighted by molar-refractivity contribution is 9.10. The summed E-state index contributed by atoms with van der Waals surface area (Å²) in [7, 11) is 0. The van der Waals surface area contributed by atoms with Crippen molar-refractivity contribution in [2.24, 2.45) is 5.10 Å². The zero-order valence-corrected chi connectivity index (χ0v) is 22.5. The maximum atomic E-state index is 13.6. The van der Waals surface area contributed by atoms with Crippen LogP contribution in [0.2, 0.25) is 0 Å².